The molecule has 1 radical (unpaired) electrons. The van der Waals surface area contributed by atoms with Gasteiger partial charge in [0.05, 0.1) is 6.61 Å². The van der Waals surface area contributed by atoms with Gasteiger partial charge in [-0.3, -0.25) is 0 Å². The fraction of sp³-hybridized carbons (Fsp3) is 0.133. The van der Waals surface area contributed by atoms with E-state index < -0.39 is 0 Å². The molecule has 0 heterocycles. The van der Waals surface area contributed by atoms with Crippen molar-refractivity contribution < 1.29 is 4.74 Å². The average molecular weight is 211 g/mol. The molecule has 2 aromatic carbocycles. The maximum absolute atomic E-state index is 5.62. The second-order valence-corrected chi connectivity index (χ2v) is 3.63. The molecule has 0 saturated heterocycles. The Balaban J connectivity index is 2.49. The summed E-state index contributed by atoms with van der Waals surface area (Å²) < 4.78 is 5.62. The van der Waals surface area contributed by atoms with Gasteiger partial charge in [-0.2, -0.15) is 0 Å². The third-order valence-corrected chi connectivity index (χ3v) is 2.43. The molecule has 0 spiro atoms. The van der Waals surface area contributed by atoms with E-state index in [9.17, 15) is 0 Å². The van der Waals surface area contributed by atoms with Gasteiger partial charge in [0, 0.05) is 5.56 Å². The van der Waals surface area contributed by atoms with E-state index in [2.05, 4.69) is 25.1 Å². The molecule has 0 aromatic heterocycles. The Morgan fingerprint density at radius 1 is 1.06 bits per heavy atom. The van der Waals surface area contributed by atoms with Crippen LogP contribution in [0.2, 0.25) is 0 Å². The molecule has 2 aromatic rings. The van der Waals surface area contributed by atoms with Gasteiger partial charge in [0.15, 0.2) is 0 Å². The quantitative estimate of drug-likeness (QED) is 0.747. The lowest BCUT2D eigenvalue weighted by Crippen LogP contribution is -1.94. The molecule has 0 aliphatic carbocycles. The van der Waals surface area contributed by atoms with Crippen LogP contribution in [0.1, 0.15) is 12.5 Å². The lowest BCUT2D eigenvalue weighted by molar-refractivity contribution is 0.341. The van der Waals surface area contributed by atoms with Crippen molar-refractivity contribution in [2.24, 2.45) is 0 Å². The highest BCUT2D eigenvalue weighted by Crippen LogP contribution is 2.30. The summed E-state index contributed by atoms with van der Waals surface area (Å²) in [5, 5.41) is 0. The van der Waals surface area contributed by atoms with Gasteiger partial charge in [0.2, 0.25) is 0 Å². The van der Waals surface area contributed by atoms with E-state index in [1.54, 1.807) is 0 Å². The van der Waals surface area contributed by atoms with Crippen molar-refractivity contribution in [3.8, 4) is 16.9 Å². The predicted molar refractivity (Wildman–Crippen MR) is 67.5 cm³/mol. The molecule has 0 N–H and O–H groups in total. The number of hydrogen-bond donors (Lipinski definition) is 0. The predicted octanol–water partition coefficient (Wildman–Crippen LogP) is 3.93. The van der Waals surface area contributed by atoms with Crippen molar-refractivity contribution in [1.29, 1.82) is 0 Å². The maximum Gasteiger partial charge on any atom is 0.127 e. The molecule has 0 amide bonds. The number of benzene rings is 2. The molecule has 0 unspecified atom stereocenters. The zero-order chi connectivity index (χ0) is 11.4. The Labute approximate surface area is 96.7 Å². The van der Waals surface area contributed by atoms with Crippen LogP contribution in [0.5, 0.6) is 5.75 Å². The second-order valence-electron chi connectivity index (χ2n) is 3.63. The van der Waals surface area contributed by atoms with Gasteiger partial charge in [-0.1, -0.05) is 36.4 Å². The van der Waals surface area contributed by atoms with Crippen LogP contribution in [0.4, 0.5) is 0 Å². The zero-order valence-corrected chi connectivity index (χ0v) is 9.44. The zero-order valence-electron chi connectivity index (χ0n) is 9.44. The van der Waals surface area contributed by atoms with Crippen LogP contribution < -0.4 is 4.74 Å². The Morgan fingerprint density at radius 2 is 1.81 bits per heavy atom. The molecule has 0 aliphatic rings. The van der Waals surface area contributed by atoms with Gasteiger partial charge in [-0.05, 0) is 37.1 Å². The minimum Gasteiger partial charge on any atom is -0.493 e. The molecule has 1 heteroatoms. The smallest absolute Gasteiger partial charge is 0.127 e. The second kappa shape index (κ2) is 4.84. The van der Waals surface area contributed by atoms with Crippen LogP contribution in [-0.2, 0) is 0 Å². The van der Waals surface area contributed by atoms with Gasteiger partial charge >= 0.3 is 0 Å². The highest BCUT2D eigenvalue weighted by Gasteiger charge is 2.05. The van der Waals surface area contributed by atoms with E-state index in [1.165, 1.54) is 0 Å². The maximum atomic E-state index is 5.62. The van der Waals surface area contributed by atoms with Crippen LogP contribution in [0.25, 0.3) is 11.1 Å². The van der Waals surface area contributed by atoms with Crippen molar-refractivity contribution in [2.75, 3.05) is 6.61 Å². The largest absolute Gasteiger partial charge is 0.493 e. The van der Waals surface area contributed by atoms with E-state index in [1.807, 2.05) is 37.3 Å². The first-order chi connectivity index (χ1) is 7.81. The average Bonchev–Trinajstić information content (AvgIpc) is 2.33. The summed E-state index contributed by atoms with van der Waals surface area (Å²) in [6.45, 7) is 6.62. The Kier molecular flexibility index (Phi) is 3.25. The molecule has 16 heavy (non-hydrogen) atoms. The third-order valence-electron chi connectivity index (χ3n) is 2.43. The third kappa shape index (κ3) is 2.25. The molecule has 0 bridgehead atoms. The fourth-order valence-corrected chi connectivity index (χ4v) is 1.70. The first kappa shape index (κ1) is 10.7. The van der Waals surface area contributed by atoms with Gasteiger partial charge in [0.25, 0.3) is 0 Å². The van der Waals surface area contributed by atoms with E-state index >= 15 is 0 Å². The van der Waals surface area contributed by atoms with Gasteiger partial charge < -0.3 is 4.74 Å². The van der Waals surface area contributed by atoms with Crippen LogP contribution in [0.15, 0.2) is 48.5 Å². The number of hydrogen-bond acceptors (Lipinski definition) is 1. The molecule has 0 fully saturated rings. The molecule has 0 aliphatic heterocycles. The van der Waals surface area contributed by atoms with Crippen LogP contribution >= 0.6 is 0 Å². The SMILES string of the molecule is [CH2]c1ccc(OCC)c(-c2ccccc2)c1. The molecule has 2 rings (SSSR count). The topological polar surface area (TPSA) is 9.23 Å². The number of ether oxygens (including phenoxy) is 1. The Hall–Kier alpha value is -1.76. The first-order valence-electron chi connectivity index (χ1n) is 5.45. The van der Waals surface area contributed by atoms with Crippen LogP contribution in [-0.4, -0.2) is 6.61 Å². The van der Waals surface area contributed by atoms with Gasteiger partial charge in [-0.15, -0.1) is 0 Å². The summed E-state index contributed by atoms with van der Waals surface area (Å²) >= 11 is 0. The van der Waals surface area contributed by atoms with Crippen molar-refractivity contribution in [2.45, 2.75) is 6.92 Å². The highest BCUT2D eigenvalue weighted by atomic mass is 16.5. The van der Waals surface area contributed by atoms with Crippen molar-refractivity contribution in [1.82, 2.24) is 0 Å². The molecule has 81 valence electrons. The number of rotatable bonds is 3. The lowest BCUT2D eigenvalue weighted by Gasteiger charge is -2.11. The van der Waals surface area contributed by atoms with Crippen molar-refractivity contribution >= 4 is 0 Å². The minimum absolute atomic E-state index is 0.677. The fourth-order valence-electron chi connectivity index (χ4n) is 1.70. The summed E-state index contributed by atoms with van der Waals surface area (Å²) in [7, 11) is 0. The normalized spacial score (nSPS) is 10.1. The van der Waals surface area contributed by atoms with Gasteiger partial charge in [-0.25, -0.2) is 0 Å². The molecular formula is C15H15O. The summed E-state index contributed by atoms with van der Waals surface area (Å²) in [4.78, 5) is 0. The summed E-state index contributed by atoms with van der Waals surface area (Å²) in [5.74, 6) is 0.918. The minimum atomic E-state index is 0.677. The van der Waals surface area contributed by atoms with Gasteiger partial charge in [0.1, 0.15) is 5.75 Å². The lowest BCUT2D eigenvalue weighted by atomic mass is 10.0. The summed E-state index contributed by atoms with van der Waals surface area (Å²) in [6, 6.07) is 16.2. The highest BCUT2D eigenvalue weighted by molar-refractivity contribution is 5.71. The van der Waals surface area contributed by atoms with E-state index in [4.69, 9.17) is 4.74 Å². The molecular weight excluding hydrogens is 196 g/mol. The summed E-state index contributed by atoms with van der Waals surface area (Å²) in [5.41, 5.74) is 3.27. The van der Waals surface area contributed by atoms with Crippen molar-refractivity contribution in [3.05, 3.63) is 61.0 Å². The molecule has 0 atom stereocenters. The van der Waals surface area contributed by atoms with Crippen LogP contribution in [0, 0.1) is 6.92 Å². The summed E-state index contributed by atoms with van der Waals surface area (Å²) in [6.07, 6.45) is 0. The van der Waals surface area contributed by atoms with E-state index in [0.717, 1.165) is 22.4 Å². The van der Waals surface area contributed by atoms with Crippen LogP contribution in [0.3, 0.4) is 0 Å². The molecule has 1 nitrogen and oxygen atoms in total. The Bertz CT molecular complexity index is 460. The molecule has 0 saturated carbocycles. The monoisotopic (exact) mass is 211 g/mol. The van der Waals surface area contributed by atoms with E-state index in [-0.39, 0.29) is 0 Å². The van der Waals surface area contributed by atoms with E-state index in [0.29, 0.717) is 6.61 Å². The Morgan fingerprint density at radius 3 is 2.50 bits per heavy atom. The standard InChI is InChI=1S/C15H15O/c1-3-16-15-10-9-12(2)11-14(15)13-7-5-4-6-8-13/h4-11H,2-3H2,1H3. The first-order valence-corrected chi connectivity index (χ1v) is 5.45. The van der Waals surface area contributed by atoms with Crippen molar-refractivity contribution in [3.63, 3.8) is 0 Å².